The summed E-state index contributed by atoms with van der Waals surface area (Å²) >= 11 is 0. The van der Waals surface area contributed by atoms with Crippen molar-refractivity contribution in [2.24, 2.45) is 0 Å². The zero-order valence-electron chi connectivity index (χ0n) is 24.0. The second kappa shape index (κ2) is 13.2. The maximum atomic E-state index is 13.8. The number of rotatable bonds is 4. The average molecular weight is 757 g/mol. The van der Waals surface area contributed by atoms with Crippen molar-refractivity contribution in [1.82, 2.24) is 4.98 Å². The fourth-order valence-electron chi connectivity index (χ4n) is 5.25. The predicted octanol–water partition coefficient (Wildman–Crippen LogP) is 10.1. The van der Waals surface area contributed by atoms with Gasteiger partial charge in [0.05, 0.1) is 17.1 Å². The number of carbonyl (C=O) groups is 1. The second-order valence-electron chi connectivity index (χ2n) is 10.3. The molecule has 0 unspecified atom stereocenters. The predicted molar refractivity (Wildman–Crippen MR) is 171 cm³/mol. The summed E-state index contributed by atoms with van der Waals surface area (Å²) in [6, 6.07) is 38.9. The molecule has 0 aliphatic rings. The first-order valence-corrected chi connectivity index (χ1v) is 13.8. The van der Waals surface area contributed by atoms with E-state index in [9.17, 15) is 9.18 Å². The van der Waals surface area contributed by atoms with Crippen LogP contribution in [-0.4, -0.2) is 15.9 Å². The number of furan rings is 1. The Hall–Kier alpha value is -4.90. The van der Waals surface area contributed by atoms with Crippen LogP contribution >= 0.6 is 0 Å². The maximum Gasteiger partial charge on any atom is 0.155 e. The van der Waals surface area contributed by atoms with Crippen LogP contribution in [0.4, 0.5) is 4.39 Å². The molecule has 0 aliphatic carbocycles. The normalized spacial score (nSPS) is 11.2. The van der Waals surface area contributed by atoms with Crippen molar-refractivity contribution in [2.75, 3.05) is 0 Å². The molecule has 0 saturated carbocycles. The number of carbonyl (C=O) groups excluding carboxylic acids is 1. The summed E-state index contributed by atoms with van der Waals surface area (Å²) in [7, 11) is 0. The Bertz CT molecular complexity index is 2130. The summed E-state index contributed by atoms with van der Waals surface area (Å²) in [5.41, 5.74) is 5.58. The van der Waals surface area contributed by atoms with E-state index >= 15 is 0 Å². The summed E-state index contributed by atoms with van der Waals surface area (Å²) in [5, 5.41) is 13.2. The van der Waals surface area contributed by atoms with Gasteiger partial charge in [0.1, 0.15) is 5.82 Å². The Morgan fingerprint density at radius 3 is 2.16 bits per heavy atom. The number of nitrogens with zero attached hydrogens (tertiary/aromatic N) is 1. The van der Waals surface area contributed by atoms with Gasteiger partial charge in [-0.2, -0.15) is 0 Å². The number of aromatic nitrogens is 1. The van der Waals surface area contributed by atoms with Crippen molar-refractivity contribution in [3.63, 3.8) is 0 Å². The number of hydrogen-bond donors (Lipinski definition) is 1. The first-order chi connectivity index (χ1) is 20.9. The van der Waals surface area contributed by atoms with Crippen molar-refractivity contribution in [3.05, 3.63) is 139 Å². The first-order valence-electron chi connectivity index (χ1n) is 13.8. The molecule has 0 saturated heterocycles. The van der Waals surface area contributed by atoms with Gasteiger partial charge in [-0.3, -0.25) is 9.78 Å². The zero-order chi connectivity index (χ0) is 29.9. The number of pyridine rings is 1. The van der Waals surface area contributed by atoms with Crippen molar-refractivity contribution >= 4 is 38.3 Å². The van der Waals surface area contributed by atoms with Crippen LogP contribution in [0.2, 0.25) is 0 Å². The van der Waals surface area contributed by atoms with Gasteiger partial charge in [0.25, 0.3) is 0 Å². The van der Waals surface area contributed by atoms with Gasteiger partial charge >= 0.3 is 0 Å². The van der Waals surface area contributed by atoms with Gasteiger partial charge in [-0.05, 0) is 64.7 Å². The summed E-state index contributed by atoms with van der Waals surface area (Å²) in [6.45, 7) is 2.85. The summed E-state index contributed by atoms with van der Waals surface area (Å²) < 4.78 is 20.2. The molecule has 4 nitrogen and oxygen atoms in total. The Labute approximate surface area is 267 Å². The Balaban J connectivity index is 0.000000433. The smallest absolute Gasteiger partial charge is 0.155 e. The molecule has 219 valence electrons. The number of allylic oxidation sites excluding steroid dienone is 2. The monoisotopic (exact) mass is 757 g/mol. The number of fused-ring (bicyclic) bond motifs is 4. The third-order valence-electron chi connectivity index (χ3n) is 7.07. The molecule has 0 fully saturated rings. The quantitative estimate of drug-likeness (QED) is 0.0841. The number of hydrogen-bond acceptors (Lipinski definition) is 4. The topological polar surface area (TPSA) is 63.3 Å². The van der Waals surface area contributed by atoms with Gasteiger partial charge in [-0.25, -0.2) is 4.39 Å². The van der Waals surface area contributed by atoms with Crippen molar-refractivity contribution in [3.8, 4) is 33.7 Å². The largest absolute Gasteiger partial charge is 0.512 e. The van der Waals surface area contributed by atoms with Crippen LogP contribution in [-0.2, 0) is 24.9 Å². The van der Waals surface area contributed by atoms with Crippen LogP contribution in [0.15, 0.2) is 132 Å². The third-order valence-corrected chi connectivity index (χ3v) is 7.07. The van der Waals surface area contributed by atoms with Gasteiger partial charge in [-0.1, -0.05) is 95.9 Å². The fourth-order valence-corrected chi connectivity index (χ4v) is 5.25. The van der Waals surface area contributed by atoms with Crippen molar-refractivity contribution < 1.29 is 38.8 Å². The molecular formula is C38H27FIrNO3-. The summed E-state index contributed by atoms with van der Waals surface area (Å²) in [6.07, 6.45) is 2.98. The molecule has 0 bridgehead atoms. The van der Waals surface area contributed by atoms with Gasteiger partial charge in [0.2, 0.25) is 0 Å². The van der Waals surface area contributed by atoms with E-state index in [1.165, 1.54) is 26.0 Å². The number of halogens is 1. The van der Waals surface area contributed by atoms with Crippen LogP contribution in [0.1, 0.15) is 13.8 Å². The summed E-state index contributed by atoms with van der Waals surface area (Å²) in [5.74, 6) is 0.499. The second-order valence-corrected chi connectivity index (χ2v) is 10.3. The van der Waals surface area contributed by atoms with E-state index in [4.69, 9.17) is 14.5 Å². The molecule has 0 spiro atoms. The minimum absolute atomic E-state index is 0. The van der Waals surface area contributed by atoms with E-state index in [2.05, 4.69) is 24.3 Å². The van der Waals surface area contributed by atoms with E-state index in [-0.39, 0.29) is 37.5 Å². The maximum absolute atomic E-state index is 13.8. The zero-order valence-corrected chi connectivity index (χ0v) is 26.4. The van der Waals surface area contributed by atoms with Crippen LogP contribution < -0.4 is 0 Å². The number of benzene rings is 5. The molecule has 7 rings (SSSR count). The minimum atomic E-state index is -0.239. The SMILES string of the molecule is CC(=O)/C=C(/C)O.Fc1ccc2c(ccc3c(-c4[c-]c5cc(-c6ccccc6)oc5c(-c5ccccc5)c4)nccc32)c1.[Ir]. The number of aliphatic hydroxyl groups excluding tert-OH is 1. The van der Waals surface area contributed by atoms with E-state index in [0.29, 0.717) is 0 Å². The molecular weight excluding hydrogens is 730 g/mol. The molecule has 6 heteroatoms. The minimum Gasteiger partial charge on any atom is -0.512 e. The van der Waals surface area contributed by atoms with Gasteiger partial charge in [0.15, 0.2) is 5.78 Å². The molecule has 2 heterocycles. The molecule has 1 radical (unpaired) electrons. The Morgan fingerprint density at radius 2 is 1.50 bits per heavy atom. The Morgan fingerprint density at radius 1 is 0.818 bits per heavy atom. The van der Waals surface area contributed by atoms with Crippen LogP contribution in [0, 0.1) is 11.9 Å². The standard InChI is InChI=1S/C33H19FNO.C5H8O2.Ir/c34-26-12-14-27-23(18-26)11-13-29-28(27)15-16-35-32(29)24-17-25-20-31(22-9-5-2-6-10-22)36-33(25)30(19-24)21-7-3-1-4-8-21;1-4(6)3-5(2)7;/h1-16,18-20H;3,6H,1-2H3;/q-1;;/b;4-3-;. The third kappa shape index (κ3) is 6.37. The molecule has 1 N–H and O–H groups in total. The molecule has 7 aromatic rings. The van der Waals surface area contributed by atoms with Crippen molar-refractivity contribution in [1.29, 1.82) is 0 Å². The number of aliphatic hydroxyl groups is 1. The van der Waals surface area contributed by atoms with Crippen LogP contribution in [0.5, 0.6) is 0 Å². The van der Waals surface area contributed by atoms with Gasteiger partial charge < -0.3 is 9.52 Å². The molecule has 0 amide bonds. The average Bonchev–Trinajstić information content (AvgIpc) is 3.45. The fraction of sp³-hybridized carbons (Fsp3) is 0.0526. The summed E-state index contributed by atoms with van der Waals surface area (Å²) in [4.78, 5) is 14.8. The van der Waals surface area contributed by atoms with Crippen molar-refractivity contribution in [2.45, 2.75) is 13.8 Å². The van der Waals surface area contributed by atoms with Gasteiger partial charge in [-0.15, -0.1) is 12.1 Å². The van der Waals surface area contributed by atoms with Crippen LogP contribution in [0.3, 0.4) is 0 Å². The number of ketones is 1. The molecule has 44 heavy (non-hydrogen) atoms. The van der Waals surface area contributed by atoms with Crippen LogP contribution in [0.25, 0.3) is 66.2 Å². The van der Waals surface area contributed by atoms with E-state index in [1.54, 1.807) is 6.07 Å². The Kier molecular flexibility index (Phi) is 9.15. The van der Waals surface area contributed by atoms with Gasteiger partial charge in [0, 0.05) is 43.6 Å². The van der Waals surface area contributed by atoms with E-state index < -0.39 is 0 Å². The van der Waals surface area contributed by atoms with E-state index in [0.717, 1.165) is 66.2 Å². The molecule has 0 aliphatic heterocycles. The molecule has 2 aromatic heterocycles. The molecule has 0 atom stereocenters. The van der Waals surface area contributed by atoms with E-state index in [1.807, 2.05) is 85.1 Å². The first kappa shape index (κ1) is 30.6. The molecule has 5 aromatic carbocycles.